The number of nitrogens with zero attached hydrogens (tertiary/aromatic N) is 2. The number of rotatable bonds is 6. The predicted molar refractivity (Wildman–Crippen MR) is 132 cm³/mol. The van der Waals surface area contributed by atoms with Gasteiger partial charge in [-0.3, -0.25) is 15.0 Å². The lowest BCUT2D eigenvalue weighted by atomic mass is 9.98. The zero-order chi connectivity index (χ0) is 23.4. The third-order valence-corrected chi connectivity index (χ3v) is 6.09. The number of amides is 2. The van der Waals surface area contributed by atoms with Gasteiger partial charge in [0, 0.05) is 42.5 Å². The van der Waals surface area contributed by atoms with Gasteiger partial charge in [0.2, 0.25) is 5.91 Å². The topological polar surface area (TPSA) is 90.5 Å². The van der Waals surface area contributed by atoms with Crippen LogP contribution in [0.2, 0.25) is 0 Å². The Morgan fingerprint density at radius 3 is 2.39 bits per heavy atom. The Morgan fingerprint density at radius 2 is 1.70 bits per heavy atom. The van der Waals surface area contributed by atoms with Crippen LogP contribution < -0.4 is 15.5 Å². The van der Waals surface area contributed by atoms with Crippen LogP contribution in [-0.2, 0) is 17.6 Å². The fourth-order valence-corrected chi connectivity index (χ4v) is 4.19. The summed E-state index contributed by atoms with van der Waals surface area (Å²) in [4.78, 5) is 29.5. The number of benzene rings is 3. The molecule has 0 saturated heterocycles. The summed E-state index contributed by atoms with van der Waals surface area (Å²) in [6.07, 6.45) is 2.75. The number of nitrogens with two attached hydrogens (primary N) is 1. The monoisotopic (exact) mass is 440 g/mol. The van der Waals surface area contributed by atoms with Crippen molar-refractivity contribution in [1.29, 1.82) is 5.41 Å². The van der Waals surface area contributed by atoms with E-state index in [2.05, 4.69) is 0 Å². The number of nitrogen functional groups attached to an aromatic ring is 1. The number of carbonyl (C=O) groups is 2. The highest BCUT2D eigenvalue weighted by Gasteiger charge is 2.24. The Balaban J connectivity index is 1.45. The van der Waals surface area contributed by atoms with E-state index in [1.807, 2.05) is 77.7 Å². The summed E-state index contributed by atoms with van der Waals surface area (Å²) in [6.45, 7) is 0.687. The molecule has 6 nitrogen and oxygen atoms in total. The first-order chi connectivity index (χ1) is 15.9. The molecular formula is C27H28N4O2. The molecule has 1 aliphatic heterocycles. The van der Waals surface area contributed by atoms with Crippen molar-refractivity contribution in [3.63, 3.8) is 0 Å². The maximum absolute atomic E-state index is 13.0. The van der Waals surface area contributed by atoms with Crippen LogP contribution in [0.15, 0.2) is 72.8 Å². The normalized spacial score (nSPS) is 12.7. The summed E-state index contributed by atoms with van der Waals surface area (Å²) in [5.74, 6) is 0.0453. The summed E-state index contributed by atoms with van der Waals surface area (Å²) < 4.78 is 0. The van der Waals surface area contributed by atoms with Crippen LogP contribution in [0.1, 0.15) is 39.9 Å². The fraction of sp³-hybridized carbons (Fsp3) is 0.222. The molecule has 3 aromatic rings. The molecule has 0 radical (unpaired) electrons. The number of fused-ring (bicyclic) bond motifs is 1. The molecule has 0 spiro atoms. The van der Waals surface area contributed by atoms with Gasteiger partial charge in [0.15, 0.2) is 0 Å². The molecule has 0 bridgehead atoms. The van der Waals surface area contributed by atoms with E-state index in [1.54, 1.807) is 11.9 Å². The first kappa shape index (κ1) is 22.3. The quantitative estimate of drug-likeness (QED) is 0.445. The van der Waals surface area contributed by atoms with Gasteiger partial charge in [-0.2, -0.15) is 0 Å². The highest BCUT2D eigenvalue weighted by molar-refractivity contribution is 6.06. The van der Waals surface area contributed by atoms with Crippen molar-refractivity contribution in [2.75, 3.05) is 23.4 Å². The fourth-order valence-electron chi connectivity index (χ4n) is 4.19. The lowest BCUT2D eigenvalue weighted by molar-refractivity contribution is -0.118. The molecule has 33 heavy (non-hydrogen) atoms. The molecule has 1 heterocycles. The van der Waals surface area contributed by atoms with Crippen LogP contribution in [0.25, 0.3) is 0 Å². The van der Waals surface area contributed by atoms with Crippen molar-refractivity contribution in [3.8, 4) is 0 Å². The van der Waals surface area contributed by atoms with Crippen molar-refractivity contribution >= 4 is 29.0 Å². The minimum atomic E-state index is -0.0681. The Hall–Kier alpha value is -3.93. The van der Waals surface area contributed by atoms with Gasteiger partial charge in [0.1, 0.15) is 5.84 Å². The lowest BCUT2D eigenvalue weighted by Crippen LogP contribution is -2.36. The molecule has 168 valence electrons. The van der Waals surface area contributed by atoms with Crippen molar-refractivity contribution in [3.05, 3.63) is 95.1 Å². The van der Waals surface area contributed by atoms with Gasteiger partial charge in [0.05, 0.1) is 0 Å². The molecule has 0 saturated carbocycles. The Labute approximate surface area is 194 Å². The minimum Gasteiger partial charge on any atom is -0.384 e. The van der Waals surface area contributed by atoms with E-state index >= 15 is 0 Å². The largest absolute Gasteiger partial charge is 0.384 e. The van der Waals surface area contributed by atoms with E-state index in [0.29, 0.717) is 30.5 Å². The van der Waals surface area contributed by atoms with Crippen LogP contribution in [0, 0.1) is 5.41 Å². The second-order valence-electron chi connectivity index (χ2n) is 8.30. The molecule has 0 atom stereocenters. The molecule has 0 unspecified atom stereocenters. The first-order valence-corrected chi connectivity index (χ1v) is 11.1. The highest BCUT2D eigenvalue weighted by Crippen LogP contribution is 2.29. The Kier molecular flexibility index (Phi) is 6.54. The summed E-state index contributed by atoms with van der Waals surface area (Å²) in [5, 5.41) is 7.48. The van der Waals surface area contributed by atoms with Crippen LogP contribution >= 0.6 is 0 Å². The highest BCUT2D eigenvalue weighted by atomic mass is 16.2. The molecule has 2 amide bonds. The van der Waals surface area contributed by atoms with E-state index in [1.165, 1.54) is 0 Å². The van der Waals surface area contributed by atoms with Gasteiger partial charge in [-0.25, -0.2) is 0 Å². The summed E-state index contributed by atoms with van der Waals surface area (Å²) in [5.41, 5.74) is 10.6. The zero-order valence-corrected chi connectivity index (χ0v) is 18.8. The van der Waals surface area contributed by atoms with E-state index in [4.69, 9.17) is 11.1 Å². The molecule has 1 aliphatic rings. The molecule has 3 N–H and O–H groups in total. The van der Waals surface area contributed by atoms with Crippen LogP contribution in [0.4, 0.5) is 11.4 Å². The average molecular weight is 441 g/mol. The SMILES string of the molecule is CN(C(=O)c1ccc2c(c1)CCCN2C(=O)CCc1ccc(C(=N)N)cc1)c1ccccc1. The number of carbonyl (C=O) groups excluding carboxylic acids is 2. The molecule has 3 aromatic carbocycles. The predicted octanol–water partition coefficient (Wildman–Crippen LogP) is 4.16. The van der Waals surface area contributed by atoms with Crippen molar-refractivity contribution < 1.29 is 9.59 Å². The summed E-state index contributed by atoms with van der Waals surface area (Å²) in [6, 6.07) is 22.6. The third-order valence-electron chi connectivity index (χ3n) is 6.09. The number of aryl methyl sites for hydroxylation is 2. The standard InChI is InChI=1S/C27H28N4O2/c1-30(23-7-3-2-4-8-23)27(33)22-14-15-24-21(18-22)6-5-17-31(24)25(32)16-11-19-9-12-20(13-10-19)26(28)29/h2-4,7-10,12-15,18H,5-6,11,16-17H2,1H3,(H3,28,29). The average Bonchev–Trinajstić information content (AvgIpc) is 2.86. The molecule has 0 aromatic heterocycles. The second-order valence-corrected chi connectivity index (χ2v) is 8.30. The van der Waals surface area contributed by atoms with E-state index in [0.717, 1.165) is 35.3 Å². The van der Waals surface area contributed by atoms with Crippen molar-refractivity contribution in [2.45, 2.75) is 25.7 Å². The van der Waals surface area contributed by atoms with E-state index < -0.39 is 0 Å². The van der Waals surface area contributed by atoms with Gasteiger partial charge >= 0.3 is 0 Å². The van der Waals surface area contributed by atoms with Gasteiger partial charge in [-0.1, -0.05) is 42.5 Å². The van der Waals surface area contributed by atoms with Gasteiger partial charge in [-0.05, 0) is 60.7 Å². The van der Waals surface area contributed by atoms with Gasteiger partial charge < -0.3 is 15.5 Å². The number of hydrogen-bond donors (Lipinski definition) is 2. The molecule has 6 heteroatoms. The maximum atomic E-state index is 13.0. The molecular weight excluding hydrogens is 412 g/mol. The van der Waals surface area contributed by atoms with E-state index in [9.17, 15) is 9.59 Å². The minimum absolute atomic E-state index is 0.0374. The second kappa shape index (κ2) is 9.69. The number of anilines is 2. The lowest BCUT2D eigenvalue weighted by Gasteiger charge is -2.30. The zero-order valence-electron chi connectivity index (χ0n) is 18.8. The summed E-state index contributed by atoms with van der Waals surface area (Å²) >= 11 is 0. The van der Waals surface area contributed by atoms with Gasteiger partial charge in [-0.15, -0.1) is 0 Å². The van der Waals surface area contributed by atoms with Crippen LogP contribution in [0.5, 0.6) is 0 Å². The first-order valence-electron chi connectivity index (χ1n) is 11.1. The van der Waals surface area contributed by atoms with Gasteiger partial charge in [0.25, 0.3) is 5.91 Å². The third kappa shape index (κ3) is 4.95. The van der Waals surface area contributed by atoms with Crippen LogP contribution in [-0.4, -0.2) is 31.2 Å². The number of amidine groups is 1. The number of hydrogen-bond acceptors (Lipinski definition) is 3. The Bertz CT molecular complexity index is 1170. The maximum Gasteiger partial charge on any atom is 0.258 e. The number of nitrogens with one attached hydrogen (secondary N) is 1. The van der Waals surface area contributed by atoms with Crippen molar-refractivity contribution in [2.24, 2.45) is 5.73 Å². The molecule has 4 rings (SSSR count). The summed E-state index contributed by atoms with van der Waals surface area (Å²) in [7, 11) is 1.77. The molecule has 0 fully saturated rings. The number of para-hydroxylation sites is 1. The van der Waals surface area contributed by atoms with E-state index in [-0.39, 0.29) is 17.6 Å². The molecule has 0 aliphatic carbocycles. The van der Waals surface area contributed by atoms with Crippen molar-refractivity contribution in [1.82, 2.24) is 0 Å². The smallest absolute Gasteiger partial charge is 0.258 e. The van der Waals surface area contributed by atoms with Crippen LogP contribution in [0.3, 0.4) is 0 Å². The Morgan fingerprint density at radius 1 is 1.00 bits per heavy atom.